The summed E-state index contributed by atoms with van der Waals surface area (Å²) in [7, 11) is 2.01. The number of ether oxygens (including phenoxy) is 1. The third kappa shape index (κ3) is 3.88. The van der Waals surface area contributed by atoms with Crippen molar-refractivity contribution in [1.82, 2.24) is 9.88 Å². The number of nitrogens with zero attached hydrogens (tertiary/aromatic N) is 3. The highest BCUT2D eigenvalue weighted by molar-refractivity contribution is 14.1. The molecule has 2 aromatic rings. The Morgan fingerprint density at radius 2 is 2.00 bits per heavy atom. The van der Waals surface area contributed by atoms with Crippen molar-refractivity contribution in [2.75, 3.05) is 13.6 Å². The van der Waals surface area contributed by atoms with Crippen LogP contribution in [0.5, 0.6) is 5.88 Å². The maximum absolute atomic E-state index is 6.19. The van der Waals surface area contributed by atoms with Crippen molar-refractivity contribution in [3.8, 4) is 5.88 Å². The molecule has 0 fully saturated rings. The number of pyridine rings is 1. The highest BCUT2D eigenvalue weighted by atomic mass is 127. The Kier molecular flexibility index (Phi) is 5.38. The third-order valence-electron chi connectivity index (χ3n) is 4.29. The van der Waals surface area contributed by atoms with E-state index in [-0.39, 0.29) is 6.10 Å². The number of aliphatic imine (C=N–C) groups is 1. The molecule has 5 heteroatoms. The average Bonchev–Trinajstić information content (AvgIpc) is 2.98. The number of hydrogen-bond acceptors (Lipinski definition) is 3. The molecule has 0 aliphatic heterocycles. The number of aromatic nitrogens is 1. The quantitative estimate of drug-likeness (QED) is 0.402. The van der Waals surface area contributed by atoms with Gasteiger partial charge in [-0.15, -0.1) is 0 Å². The van der Waals surface area contributed by atoms with Crippen LogP contribution in [0.4, 0.5) is 5.69 Å². The summed E-state index contributed by atoms with van der Waals surface area (Å²) in [5.74, 6) is 0.716. The molecule has 0 atom stereocenters. The minimum Gasteiger partial charge on any atom is -0.473 e. The van der Waals surface area contributed by atoms with Gasteiger partial charge in [0, 0.05) is 26.4 Å². The van der Waals surface area contributed by atoms with E-state index in [0.29, 0.717) is 5.88 Å². The molecule has 0 saturated heterocycles. The van der Waals surface area contributed by atoms with Crippen molar-refractivity contribution >= 4 is 34.6 Å². The molecule has 0 bridgehead atoms. The number of hydrogen-bond donors (Lipinski definition) is 0. The lowest BCUT2D eigenvalue weighted by atomic mass is 10.1. The van der Waals surface area contributed by atoms with E-state index in [4.69, 9.17) is 4.74 Å². The van der Waals surface area contributed by atoms with Gasteiger partial charge in [0.1, 0.15) is 6.10 Å². The first-order chi connectivity index (χ1) is 11.6. The molecular weight excluding hydrogens is 413 g/mol. The van der Waals surface area contributed by atoms with E-state index < -0.39 is 0 Å². The highest BCUT2D eigenvalue weighted by Gasteiger charge is 2.23. The van der Waals surface area contributed by atoms with Crippen LogP contribution in [0.15, 0.2) is 35.3 Å². The van der Waals surface area contributed by atoms with Gasteiger partial charge in [-0.2, -0.15) is 0 Å². The van der Waals surface area contributed by atoms with Crippen LogP contribution in [0.3, 0.4) is 0 Å². The summed E-state index contributed by atoms with van der Waals surface area (Å²) in [4.78, 5) is 11.2. The summed E-state index contributed by atoms with van der Waals surface area (Å²) < 4.78 is 7.19. The second-order valence-corrected chi connectivity index (χ2v) is 7.28. The lowest BCUT2D eigenvalue weighted by molar-refractivity contribution is 0.203. The molecule has 0 saturated carbocycles. The van der Waals surface area contributed by atoms with Crippen molar-refractivity contribution in [3.05, 3.63) is 50.7 Å². The topological polar surface area (TPSA) is 37.7 Å². The number of rotatable bonds is 5. The third-order valence-corrected chi connectivity index (χ3v) is 5.07. The smallest absolute Gasteiger partial charge is 0.227 e. The van der Waals surface area contributed by atoms with Crippen molar-refractivity contribution in [3.63, 3.8) is 0 Å². The fourth-order valence-electron chi connectivity index (χ4n) is 2.76. The summed E-state index contributed by atoms with van der Waals surface area (Å²) in [5, 5.41) is 0. The van der Waals surface area contributed by atoms with Gasteiger partial charge >= 0.3 is 0 Å². The normalized spacial score (nSPS) is 14.2. The van der Waals surface area contributed by atoms with E-state index in [1.807, 2.05) is 31.3 Å². The van der Waals surface area contributed by atoms with E-state index >= 15 is 0 Å². The number of halogens is 1. The zero-order valence-electron chi connectivity index (χ0n) is 14.3. The van der Waals surface area contributed by atoms with Crippen LogP contribution in [0.1, 0.15) is 23.7 Å². The Morgan fingerprint density at radius 3 is 2.62 bits per heavy atom. The Bertz CT molecular complexity index is 735. The summed E-state index contributed by atoms with van der Waals surface area (Å²) in [5.41, 5.74) is 4.56. The van der Waals surface area contributed by atoms with Crippen LogP contribution in [-0.4, -0.2) is 35.9 Å². The lowest BCUT2D eigenvalue weighted by Crippen LogP contribution is -2.18. The minimum atomic E-state index is 0.170. The largest absolute Gasteiger partial charge is 0.473 e. The van der Waals surface area contributed by atoms with Crippen molar-refractivity contribution in [1.29, 1.82) is 0 Å². The number of benzene rings is 1. The van der Waals surface area contributed by atoms with Crippen LogP contribution in [0.25, 0.3) is 0 Å². The van der Waals surface area contributed by atoms with E-state index in [1.165, 1.54) is 11.1 Å². The molecule has 1 aromatic carbocycles. The van der Waals surface area contributed by atoms with Gasteiger partial charge in [-0.1, -0.05) is 24.3 Å². The summed E-state index contributed by atoms with van der Waals surface area (Å²) in [6.07, 6.45) is 3.92. The summed E-state index contributed by atoms with van der Waals surface area (Å²) >= 11 is 2.28. The van der Waals surface area contributed by atoms with Gasteiger partial charge in [0.05, 0.1) is 21.3 Å². The average molecular weight is 435 g/mol. The van der Waals surface area contributed by atoms with Gasteiger partial charge in [-0.05, 0) is 53.6 Å². The van der Waals surface area contributed by atoms with Crippen LogP contribution >= 0.6 is 22.6 Å². The Labute approximate surface area is 157 Å². The highest BCUT2D eigenvalue weighted by Crippen LogP contribution is 2.30. The Hall–Kier alpha value is -1.63. The molecule has 1 heterocycles. The fraction of sp³-hybridized carbons (Fsp3) is 0.368. The molecule has 1 aliphatic carbocycles. The summed E-state index contributed by atoms with van der Waals surface area (Å²) in [6.45, 7) is 5.00. The summed E-state index contributed by atoms with van der Waals surface area (Å²) in [6, 6.07) is 10.6. The molecule has 0 amide bonds. The van der Waals surface area contributed by atoms with Gasteiger partial charge in [0.15, 0.2) is 0 Å². The van der Waals surface area contributed by atoms with E-state index in [2.05, 4.69) is 63.8 Å². The van der Waals surface area contributed by atoms with E-state index in [1.54, 1.807) is 0 Å². The van der Waals surface area contributed by atoms with Crippen LogP contribution in [0, 0.1) is 10.5 Å². The van der Waals surface area contributed by atoms with Crippen LogP contribution in [-0.2, 0) is 12.8 Å². The first kappa shape index (κ1) is 17.2. The number of aryl methyl sites for hydroxylation is 1. The Morgan fingerprint density at radius 1 is 1.33 bits per heavy atom. The second kappa shape index (κ2) is 7.51. The monoisotopic (exact) mass is 435 g/mol. The van der Waals surface area contributed by atoms with Crippen molar-refractivity contribution in [2.24, 2.45) is 4.99 Å². The molecule has 1 aliphatic rings. The molecule has 0 spiro atoms. The van der Waals surface area contributed by atoms with Gasteiger partial charge in [-0.25, -0.2) is 9.98 Å². The maximum atomic E-state index is 6.19. The molecular formula is C19H22IN3O. The maximum Gasteiger partial charge on any atom is 0.227 e. The van der Waals surface area contributed by atoms with Gasteiger partial charge in [0.25, 0.3) is 0 Å². The molecule has 3 rings (SSSR count). The van der Waals surface area contributed by atoms with Gasteiger partial charge in [-0.3, -0.25) is 0 Å². The number of fused-ring (bicyclic) bond motifs is 1. The van der Waals surface area contributed by atoms with Gasteiger partial charge in [0.2, 0.25) is 5.88 Å². The first-order valence-corrected chi connectivity index (χ1v) is 9.29. The predicted octanol–water partition coefficient (Wildman–Crippen LogP) is 4.15. The second-order valence-electron chi connectivity index (χ2n) is 6.11. The fourth-order valence-corrected chi connectivity index (χ4v) is 3.31. The predicted molar refractivity (Wildman–Crippen MR) is 106 cm³/mol. The molecule has 1 aromatic heterocycles. The molecule has 0 unspecified atom stereocenters. The van der Waals surface area contributed by atoms with Crippen LogP contribution in [0.2, 0.25) is 0 Å². The molecule has 126 valence electrons. The minimum absolute atomic E-state index is 0.170. The molecule has 4 nitrogen and oxygen atoms in total. The molecule has 0 radical (unpaired) electrons. The Balaban J connectivity index is 1.74. The first-order valence-electron chi connectivity index (χ1n) is 8.21. The zero-order valence-corrected chi connectivity index (χ0v) is 16.4. The van der Waals surface area contributed by atoms with Crippen molar-refractivity contribution < 1.29 is 4.74 Å². The lowest BCUT2D eigenvalue weighted by Gasteiger charge is -2.15. The van der Waals surface area contributed by atoms with E-state index in [9.17, 15) is 0 Å². The SMILES string of the molecule is CCN(C)/C=N/c1cc(I)c(OC2Cc3ccccc3C2)nc1C. The zero-order chi connectivity index (χ0) is 17.1. The molecule has 0 N–H and O–H groups in total. The molecule has 24 heavy (non-hydrogen) atoms. The van der Waals surface area contributed by atoms with E-state index in [0.717, 1.165) is 34.3 Å². The van der Waals surface area contributed by atoms with Crippen molar-refractivity contribution in [2.45, 2.75) is 32.8 Å². The van der Waals surface area contributed by atoms with Gasteiger partial charge < -0.3 is 9.64 Å². The standard InChI is InChI=1S/C19H22IN3O/c1-4-23(3)12-21-18-11-17(20)19(22-13(18)2)24-16-9-14-7-5-6-8-15(14)10-16/h5-8,11-12,16H,4,9-10H2,1-3H3/b21-12+. The van der Waals surface area contributed by atoms with Crippen LogP contribution < -0.4 is 4.74 Å².